The van der Waals surface area contributed by atoms with Gasteiger partial charge in [-0.1, -0.05) is 11.3 Å². The van der Waals surface area contributed by atoms with Crippen molar-refractivity contribution in [1.29, 1.82) is 0 Å². The third-order valence-electron chi connectivity index (χ3n) is 2.99. The Hall–Kier alpha value is -2.49. The Kier molecular flexibility index (Phi) is 4.88. The van der Waals surface area contributed by atoms with E-state index in [-0.39, 0.29) is 10.9 Å². The van der Waals surface area contributed by atoms with Gasteiger partial charge in [-0.3, -0.25) is 14.4 Å². The van der Waals surface area contributed by atoms with E-state index in [2.05, 4.69) is 10.3 Å². The molecule has 24 heavy (non-hydrogen) atoms. The summed E-state index contributed by atoms with van der Waals surface area (Å²) in [6, 6.07) is 1.40. The number of Topliss-reactive ketones (excluding diaryl/α,β-unsaturated/α-hetero) is 1. The smallest absolute Gasteiger partial charge is 0.305 e. The monoisotopic (exact) mass is 359 g/mol. The molecule has 0 atom stereocenters. The summed E-state index contributed by atoms with van der Waals surface area (Å²) >= 11 is 0.958. The highest BCUT2D eigenvalue weighted by molar-refractivity contribution is 7.17. The summed E-state index contributed by atoms with van der Waals surface area (Å²) in [6.45, 7) is 2.35. The number of nitrogens with zero attached hydrogens (tertiary/aromatic N) is 2. The standard InChI is InChI=1S/C14H12F3N3O3S/c1-7-12(8(2)21)24-13(18-7)19-10(22)6-20-5-9(14(15,16)17)3-4-11(20)23/h3-5H,6H2,1-2H3,(H,18,19,22). The van der Waals surface area contributed by atoms with E-state index in [0.29, 0.717) is 27.4 Å². The number of ketones is 1. The Morgan fingerprint density at radius 1 is 1.33 bits per heavy atom. The number of hydrogen-bond donors (Lipinski definition) is 1. The van der Waals surface area contributed by atoms with Crippen LogP contribution >= 0.6 is 11.3 Å². The Bertz CT molecular complexity index is 855. The van der Waals surface area contributed by atoms with Crippen molar-refractivity contribution >= 4 is 28.2 Å². The van der Waals surface area contributed by atoms with Crippen molar-refractivity contribution in [2.24, 2.45) is 0 Å². The largest absolute Gasteiger partial charge is 0.417 e. The average Bonchev–Trinajstić information content (AvgIpc) is 2.80. The number of amides is 1. The lowest BCUT2D eigenvalue weighted by Crippen LogP contribution is -2.28. The van der Waals surface area contributed by atoms with Crippen molar-refractivity contribution in [3.63, 3.8) is 0 Å². The molecule has 0 aliphatic carbocycles. The second kappa shape index (κ2) is 6.56. The summed E-state index contributed by atoms with van der Waals surface area (Å²) in [5.41, 5.74) is -1.32. The molecule has 0 radical (unpaired) electrons. The van der Waals surface area contributed by atoms with Crippen molar-refractivity contribution < 1.29 is 22.8 Å². The van der Waals surface area contributed by atoms with E-state index < -0.39 is 29.8 Å². The summed E-state index contributed by atoms with van der Waals surface area (Å²) in [5, 5.41) is 2.51. The fourth-order valence-electron chi connectivity index (χ4n) is 1.91. The predicted octanol–water partition coefficient (Wildman–Crippen LogP) is 2.47. The van der Waals surface area contributed by atoms with Gasteiger partial charge in [-0.2, -0.15) is 13.2 Å². The molecule has 0 saturated heterocycles. The molecule has 2 heterocycles. The Balaban J connectivity index is 2.17. The number of pyridine rings is 1. The summed E-state index contributed by atoms with van der Waals surface area (Å²) < 4.78 is 38.6. The lowest BCUT2D eigenvalue weighted by atomic mass is 10.3. The predicted molar refractivity (Wildman–Crippen MR) is 81.2 cm³/mol. The molecule has 1 amide bonds. The molecule has 1 N–H and O–H groups in total. The Morgan fingerprint density at radius 2 is 2.00 bits per heavy atom. The number of alkyl halides is 3. The third kappa shape index (κ3) is 4.07. The highest BCUT2D eigenvalue weighted by Crippen LogP contribution is 2.28. The number of aryl methyl sites for hydroxylation is 1. The molecule has 6 nitrogen and oxygen atoms in total. The second-order valence-corrected chi connectivity index (χ2v) is 5.92. The number of anilines is 1. The minimum absolute atomic E-state index is 0.141. The van der Waals surface area contributed by atoms with Crippen LogP contribution in [0.15, 0.2) is 23.1 Å². The second-order valence-electron chi connectivity index (χ2n) is 4.92. The molecule has 0 spiro atoms. The number of hydrogen-bond acceptors (Lipinski definition) is 5. The first-order chi connectivity index (χ1) is 11.1. The zero-order valence-corrected chi connectivity index (χ0v) is 13.4. The lowest BCUT2D eigenvalue weighted by Gasteiger charge is -2.10. The average molecular weight is 359 g/mol. The van der Waals surface area contributed by atoms with Crippen molar-refractivity contribution in [2.75, 3.05) is 5.32 Å². The molecule has 0 saturated carbocycles. The zero-order valence-electron chi connectivity index (χ0n) is 12.6. The molecule has 2 rings (SSSR count). The van der Waals surface area contributed by atoms with E-state index in [9.17, 15) is 27.6 Å². The highest BCUT2D eigenvalue weighted by atomic mass is 32.1. The minimum Gasteiger partial charge on any atom is -0.305 e. The molecule has 0 aliphatic rings. The summed E-state index contributed by atoms with van der Waals surface area (Å²) in [6.07, 6.45) is -4.04. The molecular formula is C14H12F3N3O3S. The maximum Gasteiger partial charge on any atom is 0.417 e. The summed E-state index contributed by atoms with van der Waals surface area (Å²) in [5.74, 6) is -0.931. The number of rotatable bonds is 4. The van der Waals surface area contributed by atoms with Gasteiger partial charge in [0, 0.05) is 19.2 Å². The van der Waals surface area contributed by atoms with E-state index >= 15 is 0 Å². The number of halogens is 3. The van der Waals surface area contributed by atoms with Crippen molar-refractivity contribution in [1.82, 2.24) is 9.55 Å². The van der Waals surface area contributed by atoms with Crippen LogP contribution in [0.25, 0.3) is 0 Å². The highest BCUT2D eigenvalue weighted by Gasteiger charge is 2.31. The number of carbonyl (C=O) groups excluding carboxylic acids is 2. The topological polar surface area (TPSA) is 81.1 Å². The Morgan fingerprint density at radius 3 is 2.54 bits per heavy atom. The molecule has 0 fully saturated rings. The summed E-state index contributed by atoms with van der Waals surface area (Å²) in [7, 11) is 0. The molecular weight excluding hydrogens is 347 g/mol. The fourth-order valence-corrected chi connectivity index (χ4v) is 2.79. The van der Waals surface area contributed by atoms with Gasteiger partial charge in [-0.25, -0.2) is 4.98 Å². The van der Waals surface area contributed by atoms with Gasteiger partial charge in [0.05, 0.1) is 16.1 Å². The quantitative estimate of drug-likeness (QED) is 0.851. The van der Waals surface area contributed by atoms with Crippen molar-refractivity contribution in [2.45, 2.75) is 26.6 Å². The lowest BCUT2D eigenvalue weighted by molar-refractivity contribution is -0.138. The third-order valence-corrected chi connectivity index (χ3v) is 4.16. The minimum atomic E-state index is -4.62. The first-order valence-electron chi connectivity index (χ1n) is 6.64. The normalized spacial score (nSPS) is 11.4. The van der Waals surface area contributed by atoms with Gasteiger partial charge in [-0.15, -0.1) is 0 Å². The molecule has 0 unspecified atom stereocenters. The van der Waals surface area contributed by atoms with Crippen LogP contribution in [0.1, 0.15) is 27.9 Å². The van der Waals surface area contributed by atoms with Crippen molar-refractivity contribution in [3.8, 4) is 0 Å². The number of carbonyl (C=O) groups is 2. The van der Waals surface area contributed by atoms with Gasteiger partial charge in [0.1, 0.15) is 6.54 Å². The van der Waals surface area contributed by atoms with Crippen LogP contribution in [0.3, 0.4) is 0 Å². The van der Waals surface area contributed by atoms with Gasteiger partial charge in [0.15, 0.2) is 10.9 Å². The van der Waals surface area contributed by atoms with Crippen LogP contribution in [0.2, 0.25) is 0 Å². The molecule has 10 heteroatoms. The molecule has 2 aromatic rings. The maximum absolute atomic E-state index is 12.7. The first-order valence-corrected chi connectivity index (χ1v) is 7.45. The van der Waals surface area contributed by atoms with Crippen LogP contribution in [-0.4, -0.2) is 21.2 Å². The van der Waals surface area contributed by atoms with Crippen LogP contribution < -0.4 is 10.9 Å². The van der Waals surface area contributed by atoms with Gasteiger partial charge < -0.3 is 9.88 Å². The zero-order chi connectivity index (χ0) is 18.1. The summed E-state index contributed by atoms with van der Waals surface area (Å²) in [4.78, 5) is 39.2. The van der Waals surface area contributed by atoms with E-state index in [1.807, 2.05) is 0 Å². The molecule has 128 valence electrons. The Labute approximate surface area is 137 Å². The van der Waals surface area contributed by atoms with E-state index in [1.54, 1.807) is 6.92 Å². The van der Waals surface area contributed by atoms with Crippen molar-refractivity contribution in [3.05, 3.63) is 44.8 Å². The number of thiazole rings is 1. The molecule has 0 bridgehead atoms. The van der Waals surface area contributed by atoms with E-state index in [0.717, 1.165) is 17.4 Å². The SMILES string of the molecule is CC(=O)c1sc(NC(=O)Cn2cc(C(F)(F)F)ccc2=O)nc1C. The maximum atomic E-state index is 12.7. The fraction of sp³-hybridized carbons (Fsp3) is 0.286. The molecule has 0 aliphatic heterocycles. The van der Waals surface area contributed by atoms with Crippen LogP contribution in [0.5, 0.6) is 0 Å². The van der Waals surface area contributed by atoms with Gasteiger partial charge in [0.2, 0.25) is 5.91 Å². The van der Waals surface area contributed by atoms with Gasteiger partial charge in [-0.05, 0) is 13.0 Å². The number of nitrogens with one attached hydrogen (secondary N) is 1. The van der Waals surface area contributed by atoms with Crippen LogP contribution in [0, 0.1) is 6.92 Å². The van der Waals surface area contributed by atoms with Crippen LogP contribution in [-0.2, 0) is 17.5 Å². The number of aromatic nitrogens is 2. The van der Waals surface area contributed by atoms with Crippen LogP contribution in [0.4, 0.5) is 18.3 Å². The first kappa shape index (κ1) is 17.9. The van der Waals surface area contributed by atoms with Gasteiger partial charge >= 0.3 is 6.18 Å². The molecule has 2 aromatic heterocycles. The van der Waals surface area contributed by atoms with E-state index in [4.69, 9.17) is 0 Å². The molecule has 0 aromatic carbocycles. The van der Waals surface area contributed by atoms with Gasteiger partial charge in [0.25, 0.3) is 5.56 Å². The van der Waals surface area contributed by atoms with E-state index in [1.165, 1.54) is 6.92 Å².